The number of hydrogen-bond acceptors (Lipinski definition) is 2. The van der Waals surface area contributed by atoms with Crippen LogP contribution in [0.3, 0.4) is 0 Å². The lowest BCUT2D eigenvalue weighted by molar-refractivity contribution is 0.399. The predicted molar refractivity (Wildman–Crippen MR) is 70.3 cm³/mol. The van der Waals surface area contributed by atoms with Gasteiger partial charge in [0.2, 0.25) is 5.88 Å². The first kappa shape index (κ1) is 11.9. The highest BCUT2D eigenvalue weighted by Crippen LogP contribution is 2.30. The number of ether oxygens (including phenoxy) is 1. The maximum absolute atomic E-state index is 5.99. The van der Waals surface area contributed by atoms with Crippen LogP contribution in [0.4, 0.5) is 0 Å². The van der Waals surface area contributed by atoms with E-state index in [9.17, 15) is 0 Å². The molecule has 0 aliphatic carbocycles. The monoisotopic (exact) mass is 246 g/mol. The molecule has 0 unspecified atom stereocenters. The fourth-order valence-electron chi connectivity index (χ4n) is 1.66. The zero-order valence-corrected chi connectivity index (χ0v) is 10.4. The van der Waals surface area contributed by atoms with E-state index in [2.05, 4.69) is 11.9 Å². The normalized spacial score (nSPS) is 10.3. The summed E-state index contributed by atoms with van der Waals surface area (Å²) < 4.78 is 5.26. The van der Waals surface area contributed by atoms with E-state index in [0.29, 0.717) is 17.3 Å². The molecular formula is C14H13ClNO. The molecule has 1 aromatic carbocycles. The van der Waals surface area contributed by atoms with Gasteiger partial charge < -0.3 is 4.74 Å². The van der Waals surface area contributed by atoms with Crippen LogP contribution >= 0.6 is 11.6 Å². The maximum Gasteiger partial charge on any atom is 0.221 e. The Labute approximate surface area is 106 Å². The van der Waals surface area contributed by atoms with Crippen LogP contribution in [-0.2, 0) is 6.42 Å². The van der Waals surface area contributed by atoms with E-state index in [0.717, 1.165) is 16.7 Å². The van der Waals surface area contributed by atoms with Gasteiger partial charge in [-0.25, -0.2) is 4.98 Å². The van der Waals surface area contributed by atoms with Crippen LogP contribution in [0.2, 0.25) is 5.02 Å². The minimum Gasteiger partial charge on any atom is -0.481 e. The third-order valence-electron chi connectivity index (χ3n) is 2.53. The molecule has 0 spiro atoms. The second-order valence-electron chi connectivity index (χ2n) is 3.66. The van der Waals surface area contributed by atoms with Gasteiger partial charge in [-0.15, -0.1) is 0 Å². The van der Waals surface area contributed by atoms with Crippen molar-refractivity contribution in [2.75, 3.05) is 7.11 Å². The fraction of sp³-hybridized carbons (Fsp3) is 0.143. The molecule has 0 saturated heterocycles. The molecule has 2 aromatic rings. The topological polar surface area (TPSA) is 22.1 Å². The third-order valence-corrected chi connectivity index (χ3v) is 2.76. The van der Waals surface area contributed by atoms with Gasteiger partial charge in [0.15, 0.2) is 0 Å². The summed E-state index contributed by atoms with van der Waals surface area (Å²) in [6, 6.07) is 9.67. The largest absolute Gasteiger partial charge is 0.481 e. The van der Waals surface area contributed by atoms with Crippen molar-refractivity contribution in [2.45, 2.75) is 6.42 Å². The summed E-state index contributed by atoms with van der Waals surface area (Å²) in [6.07, 6.45) is 2.48. The molecule has 1 heterocycles. The van der Waals surface area contributed by atoms with Crippen molar-refractivity contribution in [3.63, 3.8) is 0 Å². The number of hydrogen-bond donors (Lipinski definition) is 0. The first-order valence-electron chi connectivity index (χ1n) is 5.32. The Bertz CT molecular complexity index is 525. The van der Waals surface area contributed by atoms with Gasteiger partial charge in [-0.2, -0.15) is 0 Å². The highest BCUT2D eigenvalue weighted by Gasteiger charge is 2.08. The van der Waals surface area contributed by atoms with Crippen molar-refractivity contribution >= 4 is 11.6 Å². The van der Waals surface area contributed by atoms with Crippen molar-refractivity contribution in [1.82, 2.24) is 4.98 Å². The van der Waals surface area contributed by atoms with Gasteiger partial charge in [-0.05, 0) is 42.7 Å². The summed E-state index contributed by atoms with van der Waals surface area (Å²) >= 11 is 5.99. The number of pyridine rings is 1. The zero-order chi connectivity index (χ0) is 12.3. The van der Waals surface area contributed by atoms with E-state index >= 15 is 0 Å². The number of aromatic nitrogens is 1. The molecule has 87 valence electrons. The van der Waals surface area contributed by atoms with Crippen molar-refractivity contribution in [3.05, 3.63) is 54.0 Å². The lowest BCUT2D eigenvalue weighted by Gasteiger charge is -2.09. The summed E-state index contributed by atoms with van der Waals surface area (Å²) in [5.41, 5.74) is 3.01. The van der Waals surface area contributed by atoms with Gasteiger partial charge in [0, 0.05) is 16.8 Å². The van der Waals surface area contributed by atoms with Gasteiger partial charge in [-0.3, -0.25) is 0 Å². The van der Waals surface area contributed by atoms with Crippen LogP contribution in [0.15, 0.2) is 36.5 Å². The summed E-state index contributed by atoms with van der Waals surface area (Å²) in [4.78, 5) is 4.27. The molecule has 0 amide bonds. The van der Waals surface area contributed by atoms with Crippen LogP contribution < -0.4 is 4.74 Å². The lowest BCUT2D eigenvalue weighted by atomic mass is 10.0. The molecular weight excluding hydrogens is 234 g/mol. The van der Waals surface area contributed by atoms with Gasteiger partial charge in [0.1, 0.15) is 0 Å². The van der Waals surface area contributed by atoms with E-state index in [1.807, 2.05) is 30.3 Å². The van der Waals surface area contributed by atoms with E-state index in [-0.39, 0.29) is 0 Å². The predicted octanol–water partition coefficient (Wildman–Crippen LogP) is 3.79. The van der Waals surface area contributed by atoms with Gasteiger partial charge in [-0.1, -0.05) is 23.7 Å². The molecule has 0 atom stereocenters. The smallest absolute Gasteiger partial charge is 0.221 e. The molecule has 2 rings (SSSR count). The SMILES string of the molecule is [CH2]Cc1cnc(OC)c(-c2cccc(Cl)c2)c1. The summed E-state index contributed by atoms with van der Waals surface area (Å²) in [5.74, 6) is 0.601. The highest BCUT2D eigenvalue weighted by atomic mass is 35.5. The fourth-order valence-corrected chi connectivity index (χ4v) is 1.85. The highest BCUT2D eigenvalue weighted by molar-refractivity contribution is 6.30. The third kappa shape index (κ3) is 2.59. The van der Waals surface area contributed by atoms with Crippen LogP contribution in [0, 0.1) is 6.92 Å². The van der Waals surface area contributed by atoms with Gasteiger partial charge >= 0.3 is 0 Å². The Morgan fingerprint density at radius 1 is 1.35 bits per heavy atom. The zero-order valence-electron chi connectivity index (χ0n) is 9.61. The molecule has 3 heteroatoms. The van der Waals surface area contributed by atoms with E-state index in [1.165, 1.54) is 0 Å². The standard InChI is InChI=1S/C14H13ClNO/c1-3-10-7-13(14(17-2)16-9-10)11-5-4-6-12(15)8-11/h4-9H,1,3H2,2H3. The Hall–Kier alpha value is -1.54. The maximum atomic E-state index is 5.99. The number of halogens is 1. The van der Waals surface area contributed by atoms with Gasteiger partial charge in [0.25, 0.3) is 0 Å². The van der Waals surface area contributed by atoms with E-state index in [4.69, 9.17) is 16.3 Å². The molecule has 1 radical (unpaired) electrons. The lowest BCUT2D eigenvalue weighted by Crippen LogP contribution is -1.94. The molecule has 2 nitrogen and oxygen atoms in total. The van der Waals surface area contributed by atoms with Crippen molar-refractivity contribution in [3.8, 4) is 17.0 Å². The Kier molecular flexibility index (Phi) is 3.64. The Morgan fingerprint density at radius 3 is 2.82 bits per heavy atom. The van der Waals surface area contributed by atoms with Crippen molar-refractivity contribution in [1.29, 1.82) is 0 Å². The minimum absolute atomic E-state index is 0.601. The van der Waals surface area contributed by atoms with Crippen LogP contribution in [-0.4, -0.2) is 12.1 Å². The molecule has 0 fully saturated rings. The summed E-state index contributed by atoms with van der Waals surface area (Å²) in [6.45, 7) is 3.86. The van der Waals surface area contributed by atoms with Crippen molar-refractivity contribution < 1.29 is 4.74 Å². The molecule has 1 aromatic heterocycles. The number of nitrogens with zero attached hydrogens (tertiary/aromatic N) is 1. The van der Waals surface area contributed by atoms with E-state index < -0.39 is 0 Å². The second-order valence-corrected chi connectivity index (χ2v) is 4.10. The average Bonchev–Trinajstić information content (AvgIpc) is 2.38. The summed E-state index contributed by atoms with van der Waals surface area (Å²) in [5, 5.41) is 0.699. The number of methoxy groups -OCH3 is 1. The van der Waals surface area contributed by atoms with Crippen LogP contribution in [0.5, 0.6) is 5.88 Å². The minimum atomic E-state index is 0.601. The first-order valence-corrected chi connectivity index (χ1v) is 5.70. The number of rotatable bonds is 3. The van der Waals surface area contributed by atoms with Crippen molar-refractivity contribution in [2.24, 2.45) is 0 Å². The Morgan fingerprint density at radius 2 is 2.18 bits per heavy atom. The molecule has 0 bridgehead atoms. The quantitative estimate of drug-likeness (QED) is 0.822. The molecule has 0 saturated carbocycles. The van der Waals surface area contributed by atoms with E-state index in [1.54, 1.807) is 13.3 Å². The van der Waals surface area contributed by atoms with Gasteiger partial charge in [0.05, 0.1) is 7.11 Å². The van der Waals surface area contributed by atoms with Crippen LogP contribution in [0.25, 0.3) is 11.1 Å². The first-order chi connectivity index (χ1) is 8.24. The average molecular weight is 247 g/mol. The molecule has 17 heavy (non-hydrogen) atoms. The molecule has 0 N–H and O–H groups in total. The molecule has 0 aliphatic rings. The second kappa shape index (κ2) is 5.19. The van der Waals surface area contributed by atoms with Crippen LogP contribution in [0.1, 0.15) is 5.56 Å². The number of benzene rings is 1. The molecule has 0 aliphatic heterocycles. The summed E-state index contributed by atoms with van der Waals surface area (Å²) in [7, 11) is 1.61. The Balaban J connectivity index is 2.56.